The van der Waals surface area contributed by atoms with E-state index in [0.29, 0.717) is 0 Å². The van der Waals surface area contributed by atoms with E-state index in [1.165, 1.54) is 23.2 Å². The van der Waals surface area contributed by atoms with Crippen molar-refractivity contribution in [1.29, 1.82) is 0 Å². The number of hydrogen-bond acceptors (Lipinski definition) is 2. The van der Waals surface area contributed by atoms with Crippen molar-refractivity contribution >= 4 is 8.15 Å². The van der Waals surface area contributed by atoms with E-state index in [0.717, 1.165) is 18.5 Å². The number of rotatable bonds is 3. The average molecular weight is 369 g/mol. The molecule has 0 spiro atoms. The van der Waals surface area contributed by atoms with Gasteiger partial charge in [-0.25, -0.2) is 4.98 Å². The maximum absolute atomic E-state index is 6.84. The summed E-state index contributed by atoms with van der Waals surface area (Å²) in [6.07, 6.45) is 3.48. The SMILES string of the molecule is CC(C)(C)P(OC1CCCc2ccc(-c3ccccc3)nc21)C(C)(C)C. The molecule has 0 aliphatic heterocycles. The van der Waals surface area contributed by atoms with E-state index < -0.39 is 8.15 Å². The minimum atomic E-state index is -0.594. The Hall–Kier alpha value is -1.24. The van der Waals surface area contributed by atoms with Gasteiger partial charge in [0.25, 0.3) is 0 Å². The molecule has 0 bridgehead atoms. The molecule has 2 aromatic rings. The summed E-state index contributed by atoms with van der Waals surface area (Å²) in [7, 11) is -0.594. The number of nitrogens with zero attached hydrogens (tertiary/aromatic N) is 1. The standard InChI is InChI=1S/C23H32NOP/c1-22(2,3)26(23(4,5)6)25-20-14-10-13-18-15-16-19(24-21(18)20)17-11-8-7-9-12-17/h7-9,11-12,15-16,20H,10,13-14H2,1-6H3. The summed E-state index contributed by atoms with van der Waals surface area (Å²) in [6, 6.07) is 14.9. The van der Waals surface area contributed by atoms with E-state index in [1.807, 2.05) is 6.07 Å². The minimum Gasteiger partial charge on any atom is -0.349 e. The van der Waals surface area contributed by atoms with E-state index >= 15 is 0 Å². The molecule has 0 radical (unpaired) electrons. The molecule has 0 saturated heterocycles. The first-order chi connectivity index (χ1) is 12.2. The monoisotopic (exact) mass is 369 g/mol. The predicted octanol–water partition coefficient (Wildman–Crippen LogP) is 7.14. The highest BCUT2D eigenvalue weighted by molar-refractivity contribution is 7.55. The largest absolute Gasteiger partial charge is 0.349 e. The van der Waals surface area contributed by atoms with Crippen molar-refractivity contribution in [3.63, 3.8) is 0 Å². The third-order valence-electron chi connectivity index (χ3n) is 4.75. The van der Waals surface area contributed by atoms with Crippen LogP contribution in [0.25, 0.3) is 11.3 Å². The zero-order chi connectivity index (χ0) is 18.9. The molecule has 3 rings (SSSR count). The van der Waals surface area contributed by atoms with Gasteiger partial charge in [0, 0.05) is 24.0 Å². The molecule has 0 amide bonds. The molecule has 3 heteroatoms. The van der Waals surface area contributed by atoms with Crippen molar-refractivity contribution in [3.8, 4) is 11.3 Å². The lowest BCUT2D eigenvalue weighted by molar-refractivity contribution is 0.188. The van der Waals surface area contributed by atoms with Crippen LogP contribution in [0.5, 0.6) is 0 Å². The van der Waals surface area contributed by atoms with Crippen molar-refractivity contribution in [3.05, 3.63) is 53.7 Å². The van der Waals surface area contributed by atoms with Crippen LogP contribution in [0.2, 0.25) is 0 Å². The first-order valence-corrected chi connectivity index (χ1v) is 10.9. The van der Waals surface area contributed by atoms with Gasteiger partial charge in [0.05, 0.1) is 11.4 Å². The Kier molecular flexibility index (Phi) is 5.56. The Morgan fingerprint density at radius 1 is 0.923 bits per heavy atom. The summed E-state index contributed by atoms with van der Waals surface area (Å²) in [5, 5.41) is 0.310. The maximum Gasteiger partial charge on any atom is 0.104 e. The van der Waals surface area contributed by atoms with Gasteiger partial charge in [0.15, 0.2) is 0 Å². The van der Waals surface area contributed by atoms with Gasteiger partial charge in [-0.3, -0.25) is 0 Å². The van der Waals surface area contributed by atoms with E-state index in [-0.39, 0.29) is 16.4 Å². The highest BCUT2D eigenvalue weighted by Gasteiger charge is 2.39. The second kappa shape index (κ2) is 7.41. The Morgan fingerprint density at radius 3 is 2.19 bits per heavy atom. The highest BCUT2D eigenvalue weighted by atomic mass is 31.1. The molecule has 2 nitrogen and oxygen atoms in total. The van der Waals surface area contributed by atoms with Crippen LogP contribution in [0.15, 0.2) is 42.5 Å². The molecule has 1 aromatic carbocycles. The molecule has 1 unspecified atom stereocenters. The van der Waals surface area contributed by atoms with Crippen LogP contribution >= 0.6 is 8.15 Å². The van der Waals surface area contributed by atoms with Gasteiger partial charge >= 0.3 is 0 Å². The molecule has 0 N–H and O–H groups in total. The van der Waals surface area contributed by atoms with Crippen molar-refractivity contribution < 1.29 is 4.52 Å². The van der Waals surface area contributed by atoms with Gasteiger partial charge in [-0.05, 0) is 30.9 Å². The molecule has 0 fully saturated rings. The summed E-state index contributed by atoms with van der Waals surface area (Å²) in [5.74, 6) is 0. The summed E-state index contributed by atoms with van der Waals surface area (Å²) < 4.78 is 6.84. The Labute approximate surface area is 160 Å². The highest BCUT2D eigenvalue weighted by Crippen LogP contribution is 2.62. The number of fused-ring (bicyclic) bond motifs is 1. The topological polar surface area (TPSA) is 22.1 Å². The average Bonchev–Trinajstić information content (AvgIpc) is 2.58. The zero-order valence-electron chi connectivity index (χ0n) is 17.0. The molecule has 1 aromatic heterocycles. The lowest BCUT2D eigenvalue weighted by atomic mass is 9.93. The zero-order valence-corrected chi connectivity index (χ0v) is 17.9. The van der Waals surface area contributed by atoms with E-state index in [1.54, 1.807) is 0 Å². The number of benzene rings is 1. The molecule has 140 valence electrons. The number of aromatic nitrogens is 1. The van der Waals surface area contributed by atoms with Crippen molar-refractivity contribution in [2.24, 2.45) is 0 Å². The number of hydrogen-bond donors (Lipinski definition) is 0. The fourth-order valence-electron chi connectivity index (χ4n) is 3.93. The van der Waals surface area contributed by atoms with Gasteiger partial charge in [-0.2, -0.15) is 0 Å². The van der Waals surface area contributed by atoms with E-state index in [2.05, 4.69) is 77.9 Å². The smallest absolute Gasteiger partial charge is 0.104 e. The number of pyridine rings is 1. The van der Waals surface area contributed by atoms with Crippen molar-refractivity contribution in [2.45, 2.75) is 77.2 Å². The summed E-state index contributed by atoms with van der Waals surface area (Å²) in [6.45, 7) is 13.8. The van der Waals surface area contributed by atoms with Crippen LogP contribution in [0.4, 0.5) is 0 Å². The second-order valence-electron chi connectivity index (χ2n) is 9.23. The normalized spacial score (nSPS) is 18.0. The molecule has 1 aliphatic rings. The molecule has 1 atom stereocenters. The predicted molar refractivity (Wildman–Crippen MR) is 113 cm³/mol. The summed E-state index contributed by atoms with van der Waals surface area (Å²) in [5.41, 5.74) is 4.75. The van der Waals surface area contributed by atoms with E-state index in [9.17, 15) is 0 Å². The first kappa shape index (κ1) is 19.5. The van der Waals surface area contributed by atoms with Crippen LogP contribution in [0.1, 0.15) is 71.7 Å². The molecule has 0 saturated carbocycles. The van der Waals surface area contributed by atoms with Gasteiger partial charge < -0.3 is 4.52 Å². The van der Waals surface area contributed by atoms with Crippen LogP contribution in [0.3, 0.4) is 0 Å². The Balaban J connectivity index is 1.95. The van der Waals surface area contributed by atoms with Gasteiger partial charge in [0.2, 0.25) is 0 Å². The van der Waals surface area contributed by atoms with Gasteiger partial charge in [-0.15, -0.1) is 0 Å². The maximum atomic E-state index is 6.84. The molecule has 1 heterocycles. The van der Waals surface area contributed by atoms with Gasteiger partial charge in [-0.1, -0.05) is 77.9 Å². The fourth-order valence-corrected chi connectivity index (χ4v) is 7.04. The van der Waals surface area contributed by atoms with Crippen LogP contribution in [-0.2, 0) is 10.9 Å². The van der Waals surface area contributed by atoms with Crippen LogP contribution < -0.4 is 0 Å². The minimum absolute atomic E-state index is 0.118. The van der Waals surface area contributed by atoms with Gasteiger partial charge in [0.1, 0.15) is 6.10 Å². The van der Waals surface area contributed by atoms with E-state index in [4.69, 9.17) is 9.51 Å². The van der Waals surface area contributed by atoms with Crippen molar-refractivity contribution in [2.75, 3.05) is 0 Å². The molecular formula is C23H32NOP. The third-order valence-corrected chi connectivity index (χ3v) is 7.65. The van der Waals surface area contributed by atoms with Crippen LogP contribution in [-0.4, -0.2) is 15.3 Å². The third kappa shape index (κ3) is 4.35. The van der Waals surface area contributed by atoms with Crippen LogP contribution in [0, 0.1) is 0 Å². The van der Waals surface area contributed by atoms with Crippen molar-refractivity contribution in [1.82, 2.24) is 4.98 Å². The quantitative estimate of drug-likeness (QED) is 0.537. The summed E-state index contributed by atoms with van der Waals surface area (Å²) >= 11 is 0. The fraction of sp³-hybridized carbons (Fsp3) is 0.522. The first-order valence-electron chi connectivity index (χ1n) is 9.68. The lowest BCUT2D eigenvalue weighted by Crippen LogP contribution is -2.28. The number of aryl methyl sites for hydroxylation is 1. The molecular weight excluding hydrogens is 337 g/mol. The lowest BCUT2D eigenvalue weighted by Gasteiger charge is -2.43. The Bertz CT molecular complexity index is 729. The molecule has 1 aliphatic carbocycles. The molecule has 26 heavy (non-hydrogen) atoms. The Morgan fingerprint density at radius 2 is 1.58 bits per heavy atom. The summed E-state index contributed by atoms with van der Waals surface area (Å²) in [4.78, 5) is 5.07. The second-order valence-corrected chi connectivity index (χ2v) is 12.7.